The van der Waals surface area contributed by atoms with Crippen LogP contribution in [0, 0.1) is 6.92 Å². The van der Waals surface area contributed by atoms with Gasteiger partial charge < -0.3 is 20.1 Å². The molecule has 1 amide bonds. The van der Waals surface area contributed by atoms with Gasteiger partial charge in [-0.1, -0.05) is 41.1 Å². The summed E-state index contributed by atoms with van der Waals surface area (Å²) in [6.45, 7) is 1.90. The molecular formula is C26H22ClN7OS. The fraction of sp³-hybridized carbons (Fsp3) is 0.0769. The van der Waals surface area contributed by atoms with E-state index in [-0.39, 0.29) is 5.91 Å². The summed E-state index contributed by atoms with van der Waals surface area (Å²) in [5.41, 5.74) is 4.23. The number of pyridine rings is 1. The van der Waals surface area contributed by atoms with E-state index in [2.05, 4.69) is 25.6 Å². The first kappa shape index (κ1) is 23.5. The molecule has 2 N–H and O–H groups in total. The second-order valence-corrected chi connectivity index (χ2v) is 9.43. The van der Waals surface area contributed by atoms with Crippen LogP contribution in [0.15, 0.2) is 85.7 Å². The Hall–Kier alpha value is -4.21. The minimum absolute atomic E-state index is 0.254. The Balaban J connectivity index is 1.27. The van der Waals surface area contributed by atoms with Crippen LogP contribution in [-0.4, -0.2) is 32.5 Å². The summed E-state index contributed by atoms with van der Waals surface area (Å²) >= 11 is 7.50. The van der Waals surface area contributed by atoms with Gasteiger partial charge in [-0.05, 0) is 48.9 Å². The Morgan fingerprint density at radius 3 is 2.69 bits per heavy atom. The summed E-state index contributed by atoms with van der Waals surface area (Å²) in [6.07, 6.45) is 8.70. The van der Waals surface area contributed by atoms with Crippen molar-refractivity contribution < 1.29 is 4.79 Å². The predicted octanol–water partition coefficient (Wildman–Crippen LogP) is 6.45. The zero-order valence-electron chi connectivity index (χ0n) is 19.5. The van der Waals surface area contributed by atoms with Gasteiger partial charge in [0.05, 0.1) is 35.1 Å². The number of anilines is 5. The first-order valence-electron chi connectivity index (χ1n) is 11.1. The van der Waals surface area contributed by atoms with Crippen molar-refractivity contribution in [3.8, 4) is 5.69 Å². The minimum Gasteiger partial charge on any atom is -0.331 e. The number of para-hydroxylation sites is 1. The third kappa shape index (κ3) is 5.07. The second-order valence-electron chi connectivity index (χ2n) is 7.99. The number of halogens is 1. The van der Waals surface area contributed by atoms with Crippen molar-refractivity contribution in [2.24, 2.45) is 0 Å². The summed E-state index contributed by atoms with van der Waals surface area (Å²) in [5.74, 6) is 0.550. The normalized spacial score (nSPS) is 10.8. The molecule has 180 valence electrons. The lowest BCUT2D eigenvalue weighted by molar-refractivity contribution is 0.103. The van der Waals surface area contributed by atoms with Crippen LogP contribution in [0.25, 0.3) is 5.69 Å². The van der Waals surface area contributed by atoms with Crippen molar-refractivity contribution in [3.05, 3.63) is 101 Å². The van der Waals surface area contributed by atoms with Crippen LogP contribution in [0.3, 0.4) is 0 Å². The molecule has 0 saturated heterocycles. The number of imidazole rings is 1. The van der Waals surface area contributed by atoms with Gasteiger partial charge in [0.1, 0.15) is 10.7 Å². The summed E-state index contributed by atoms with van der Waals surface area (Å²) in [7, 11) is 1.96. The quantitative estimate of drug-likeness (QED) is 0.259. The molecule has 0 unspecified atom stereocenters. The van der Waals surface area contributed by atoms with Crippen molar-refractivity contribution >= 4 is 56.9 Å². The van der Waals surface area contributed by atoms with Gasteiger partial charge in [0.25, 0.3) is 5.91 Å². The van der Waals surface area contributed by atoms with E-state index >= 15 is 0 Å². The Morgan fingerprint density at radius 1 is 1.08 bits per heavy atom. The van der Waals surface area contributed by atoms with Crippen LogP contribution in [0.2, 0.25) is 5.02 Å². The molecule has 0 aliphatic carbocycles. The fourth-order valence-corrected chi connectivity index (χ4v) is 4.59. The Labute approximate surface area is 217 Å². The summed E-state index contributed by atoms with van der Waals surface area (Å²) < 4.78 is 1.90. The van der Waals surface area contributed by atoms with E-state index in [4.69, 9.17) is 11.6 Å². The minimum atomic E-state index is -0.254. The molecule has 0 aliphatic rings. The molecule has 0 fully saturated rings. The zero-order chi connectivity index (χ0) is 25.1. The number of rotatable bonds is 7. The second kappa shape index (κ2) is 10.2. The molecule has 36 heavy (non-hydrogen) atoms. The number of carbonyl (C=O) groups excluding carboxylic acids is 1. The average molecular weight is 516 g/mol. The highest BCUT2D eigenvalue weighted by atomic mass is 35.5. The third-order valence-corrected chi connectivity index (χ3v) is 6.78. The van der Waals surface area contributed by atoms with Gasteiger partial charge >= 0.3 is 0 Å². The number of aromatic nitrogens is 4. The van der Waals surface area contributed by atoms with Crippen molar-refractivity contribution in [1.82, 2.24) is 19.5 Å². The van der Waals surface area contributed by atoms with E-state index in [0.29, 0.717) is 20.7 Å². The zero-order valence-corrected chi connectivity index (χ0v) is 21.1. The van der Waals surface area contributed by atoms with Gasteiger partial charge in [0.15, 0.2) is 5.13 Å². The predicted molar refractivity (Wildman–Crippen MR) is 145 cm³/mol. The number of aryl methyl sites for hydroxylation is 1. The van der Waals surface area contributed by atoms with Crippen molar-refractivity contribution in [1.29, 1.82) is 0 Å². The molecule has 0 saturated carbocycles. The van der Waals surface area contributed by atoms with Gasteiger partial charge in [-0.15, -0.1) is 0 Å². The molecule has 5 aromatic rings. The average Bonchev–Trinajstić information content (AvgIpc) is 3.59. The van der Waals surface area contributed by atoms with E-state index in [1.807, 2.05) is 84.4 Å². The first-order valence-corrected chi connectivity index (χ1v) is 12.2. The van der Waals surface area contributed by atoms with E-state index in [1.165, 1.54) is 11.3 Å². The molecule has 0 bridgehead atoms. The molecule has 2 aromatic carbocycles. The molecule has 0 radical (unpaired) electrons. The standard InChI is InChI=1S/C26H22ClN7OS/c1-17-5-3-8-21(27)24(17)32-25(35)22-15-30-26(36-22)31-18-6-4-7-19(13-18)33(2)23-10-9-20(14-29-23)34-12-11-28-16-34/h3-16H,1-2H3,(H,30,31)(H,32,35). The number of nitrogens with zero attached hydrogens (tertiary/aromatic N) is 5. The fourth-order valence-electron chi connectivity index (χ4n) is 3.59. The topological polar surface area (TPSA) is 88.0 Å². The SMILES string of the molecule is Cc1cccc(Cl)c1NC(=O)c1cnc(Nc2cccc(N(C)c3ccc(-n4ccnc4)cn3)c2)s1. The van der Waals surface area contributed by atoms with Crippen LogP contribution in [0.5, 0.6) is 0 Å². The number of hydrogen-bond donors (Lipinski definition) is 2. The van der Waals surface area contributed by atoms with Crippen LogP contribution in [0.1, 0.15) is 15.2 Å². The third-order valence-electron chi connectivity index (χ3n) is 5.55. The molecule has 0 atom stereocenters. The molecule has 10 heteroatoms. The molecule has 8 nitrogen and oxygen atoms in total. The monoisotopic (exact) mass is 515 g/mol. The van der Waals surface area contributed by atoms with Crippen molar-refractivity contribution in [2.75, 3.05) is 22.6 Å². The van der Waals surface area contributed by atoms with Crippen molar-refractivity contribution in [2.45, 2.75) is 6.92 Å². The number of nitrogens with one attached hydrogen (secondary N) is 2. The van der Waals surface area contributed by atoms with Gasteiger partial charge in [0.2, 0.25) is 0 Å². The van der Waals surface area contributed by atoms with Gasteiger partial charge in [0, 0.05) is 30.8 Å². The van der Waals surface area contributed by atoms with E-state index in [0.717, 1.165) is 28.4 Å². The maximum atomic E-state index is 12.7. The van der Waals surface area contributed by atoms with E-state index in [9.17, 15) is 4.79 Å². The maximum absolute atomic E-state index is 12.7. The molecule has 0 spiro atoms. The van der Waals surface area contributed by atoms with Gasteiger partial charge in [-0.2, -0.15) is 0 Å². The smallest absolute Gasteiger partial charge is 0.267 e. The van der Waals surface area contributed by atoms with Crippen LogP contribution in [-0.2, 0) is 0 Å². The molecule has 3 heterocycles. The number of carbonyl (C=O) groups is 1. The Kier molecular flexibility index (Phi) is 6.66. The molecule has 3 aromatic heterocycles. The number of thiazole rings is 1. The maximum Gasteiger partial charge on any atom is 0.267 e. The highest BCUT2D eigenvalue weighted by Gasteiger charge is 2.14. The van der Waals surface area contributed by atoms with Crippen LogP contribution < -0.4 is 15.5 Å². The lowest BCUT2D eigenvalue weighted by Gasteiger charge is -2.19. The number of hydrogen-bond acceptors (Lipinski definition) is 7. The summed E-state index contributed by atoms with van der Waals surface area (Å²) in [6, 6.07) is 17.3. The number of benzene rings is 2. The van der Waals surface area contributed by atoms with Crippen LogP contribution in [0.4, 0.5) is 28.0 Å². The molecule has 0 aliphatic heterocycles. The van der Waals surface area contributed by atoms with Crippen LogP contribution >= 0.6 is 22.9 Å². The highest BCUT2D eigenvalue weighted by Crippen LogP contribution is 2.30. The first-order chi connectivity index (χ1) is 17.5. The Bertz CT molecular complexity index is 1480. The van der Waals surface area contributed by atoms with E-state index in [1.54, 1.807) is 24.8 Å². The Morgan fingerprint density at radius 2 is 1.94 bits per heavy atom. The number of amides is 1. The molecular weight excluding hydrogens is 494 g/mol. The largest absolute Gasteiger partial charge is 0.331 e. The highest BCUT2D eigenvalue weighted by molar-refractivity contribution is 7.17. The lowest BCUT2D eigenvalue weighted by atomic mass is 10.2. The van der Waals surface area contributed by atoms with Gasteiger partial charge in [-0.3, -0.25) is 4.79 Å². The van der Waals surface area contributed by atoms with Gasteiger partial charge in [-0.25, -0.2) is 15.0 Å². The molecule has 5 rings (SSSR count). The summed E-state index contributed by atoms with van der Waals surface area (Å²) in [4.78, 5) is 28.2. The summed E-state index contributed by atoms with van der Waals surface area (Å²) in [5, 5.41) is 7.27. The lowest BCUT2D eigenvalue weighted by Crippen LogP contribution is -2.11. The van der Waals surface area contributed by atoms with Crippen molar-refractivity contribution in [3.63, 3.8) is 0 Å². The van der Waals surface area contributed by atoms with E-state index < -0.39 is 0 Å².